The molecule has 0 N–H and O–H groups in total. The van der Waals surface area contributed by atoms with Gasteiger partial charge in [0.25, 0.3) is 5.79 Å². The second-order valence-corrected chi connectivity index (χ2v) is 6.77. The van der Waals surface area contributed by atoms with Crippen LogP contribution < -0.4 is 0 Å². The summed E-state index contributed by atoms with van der Waals surface area (Å²) in [5, 5.41) is 0. The van der Waals surface area contributed by atoms with Crippen LogP contribution in [0.3, 0.4) is 0 Å². The third-order valence-electron chi connectivity index (χ3n) is 3.57. The van der Waals surface area contributed by atoms with Crippen LogP contribution in [0.1, 0.15) is 20.3 Å². The molecule has 0 saturated carbocycles. The summed E-state index contributed by atoms with van der Waals surface area (Å²) in [4.78, 5) is 12.9. The van der Waals surface area contributed by atoms with E-state index in [2.05, 4.69) is 0 Å². The minimum Gasteiger partial charge on any atom is -0.463 e. The molecule has 150 valence electrons. The molecule has 9 heteroatoms. The fourth-order valence-electron chi connectivity index (χ4n) is 1.88. The van der Waals surface area contributed by atoms with Crippen molar-refractivity contribution in [1.29, 1.82) is 0 Å². The van der Waals surface area contributed by atoms with Crippen molar-refractivity contribution in [3.8, 4) is 0 Å². The molecule has 2 atom stereocenters. The van der Waals surface area contributed by atoms with Crippen LogP contribution in [0.25, 0.3) is 0 Å². The van der Waals surface area contributed by atoms with Crippen LogP contribution in [0.5, 0.6) is 0 Å². The van der Waals surface area contributed by atoms with E-state index in [0.717, 1.165) is 16.7 Å². The van der Waals surface area contributed by atoms with Gasteiger partial charge in [0, 0.05) is 21.3 Å². The number of esters is 1. The number of rotatable bonds is 16. The zero-order valence-electron chi connectivity index (χ0n) is 16.4. The Balaban J connectivity index is 5.31. The van der Waals surface area contributed by atoms with E-state index in [0.29, 0.717) is 26.4 Å². The molecule has 0 aliphatic rings. The zero-order valence-corrected chi connectivity index (χ0v) is 18.4. The molecule has 0 radical (unpaired) electrons. The Labute approximate surface area is 153 Å². The van der Waals surface area contributed by atoms with Crippen molar-refractivity contribution in [2.24, 2.45) is 0 Å². The molecule has 25 heavy (non-hydrogen) atoms. The van der Waals surface area contributed by atoms with Gasteiger partial charge in [-0.25, -0.2) is 4.79 Å². The van der Waals surface area contributed by atoms with Crippen molar-refractivity contribution >= 4 is 16.2 Å². The molecular formula is C16H34O8Si. The lowest BCUT2D eigenvalue weighted by Gasteiger charge is -2.36. The summed E-state index contributed by atoms with van der Waals surface area (Å²) in [5.41, 5.74) is -0.130. The molecule has 0 heterocycles. The number of methoxy groups -OCH3 is 3. The first-order chi connectivity index (χ1) is 12.0. The lowest BCUT2D eigenvalue weighted by molar-refractivity contribution is -0.291. The molecule has 0 amide bonds. The summed E-state index contributed by atoms with van der Waals surface area (Å²) < 4.78 is 37.8. The SMILES string of the molecule is CCC([SiH3])OC(=O)C(OCCOC)(OCCOC)C(C)OCCOC. The Kier molecular flexibility index (Phi) is 14.3. The molecule has 0 bridgehead atoms. The van der Waals surface area contributed by atoms with Crippen LogP contribution in [-0.4, -0.2) is 94.8 Å². The van der Waals surface area contributed by atoms with Crippen LogP contribution in [0.15, 0.2) is 0 Å². The lowest BCUT2D eigenvalue weighted by atomic mass is 10.1. The van der Waals surface area contributed by atoms with E-state index in [1.807, 2.05) is 6.92 Å². The molecular weight excluding hydrogens is 348 g/mol. The van der Waals surface area contributed by atoms with Gasteiger partial charge in [-0.15, -0.1) is 0 Å². The summed E-state index contributed by atoms with van der Waals surface area (Å²) in [5.74, 6) is -2.27. The van der Waals surface area contributed by atoms with Gasteiger partial charge in [0.1, 0.15) is 6.10 Å². The summed E-state index contributed by atoms with van der Waals surface area (Å²) >= 11 is 0. The van der Waals surface area contributed by atoms with Crippen molar-refractivity contribution in [3.05, 3.63) is 0 Å². The van der Waals surface area contributed by atoms with Gasteiger partial charge in [0.05, 0.1) is 55.6 Å². The monoisotopic (exact) mass is 382 g/mol. The Morgan fingerprint density at radius 1 is 0.920 bits per heavy atom. The van der Waals surface area contributed by atoms with Gasteiger partial charge in [-0.1, -0.05) is 6.92 Å². The number of carbonyl (C=O) groups is 1. The molecule has 8 nitrogen and oxygen atoms in total. The average Bonchev–Trinajstić information content (AvgIpc) is 2.60. The number of hydrogen-bond donors (Lipinski definition) is 0. The quantitative estimate of drug-likeness (QED) is 0.156. The average molecular weight is 383 g/mol. The van der Waals surface area contributed by atoms with Crippen LogP contribution in [0.4, 0.5) is 0 Å². The molecule has 0 saturated heterocycles. The van der Waals surface area contributed by atoms with Crippen LogP contribution in [0, 0.1) is 0 Å². The van der Waals surface area contributed by atoms with Crippen LogP contribution in [0.2, 0.25) is 0 Å². The highest BCUT2D eigenvalue weighted by atomic mass is 28.1. The minimum atomic E-state index is -1.68. The summed E-state index contributed by atoms with van der Waals surface area (Å²) in [7, 11) is 5.40. The molecule has 0 aliphatic heterocycles. The Hall–Kier alpha value is -0.553. The normalized spacial score (nSPS) is 14.4. The molecule has 0 aromatic heterocycles. The van der Waals surface area contributed by atoms with Gasteiger partial charge in [-0.05, 0) is 13.3 Å². The number of ether oxygens (including phenoxy) is 7. The molecule has 0 fully saturated rings. The van der Waals surface area contributed by atoms with E-state index in [9.17, 15) is 4.79 Å². The fourth-order valence-corrected chi connectivity index (χ4v) is 2.09. The van der Waals surface area contributed by atoms with Crippen molar-refractivity contribution in [2.75, 3.05) is 61.0 Å². The first-order valence-electron chi connectivity index (χ1n) is 8.55. The topological polar surface area (TPSA) is 81.7 Å². The van der Waals surface area contributed by atoms with Gasteiger partial charge >= 0.3 is 5.97 Å². The zero-order chi connectivity index (χ0) is 19.1. The molecule has 0 spiro atoms. The molecule has 0 aromatic rings. The van der Waals surface area contributed by atoms with E-state index >= 15 is 0 Å². The smallest absolute Gasteiger partial charge is 0.369 e. The van der Waals surface area contributed by atoms with Crippen molar-refractivity contribution in [2.45, 2.75) is 37.9 Å². The van der Waals surface area contributed by atoms with E-state index in [1.165, 1.54) is 0 Å². The van der Waals surface area contributed by atoms with Crippen LogP contribution in [-0.2, 0) is 38.0 Å². The van der Waals surface area contributed by atoms with Crippen LogP contribution >= 0.6 is 0 Å². The van der Waals surface area contributed by atoms with Gasteiger partial charge in [-0.3, -0.25) is 0 Å². The molecule has 0 rings (SSSR count). The van der Waals surface area contributed by atoms with Crippen molar-refractivity contribution < 1.29 is 38.0 Å². The molecule has 0 aromatic carbocycles. The Bertz CT molecular complexity index is 332. The highest BCUT2D eigenvalue weighted by Crippen LogP contribution is 2.24. The third kappa shape index (κ3) is 9.09. The maximum absolute atomic E-state index is 12.9. The maximum Gasteiger partial charge on any atom is 0.369 e. The van der Waals surface area contributed by atoms with Crippen molar-refractivity contribution in [1.82, 2.24) is 0 Å². The predicted molar refractivity (Wildman–Crippen MR) is 95.8 cm³/mol. The largest absolute Gasteiger partial charge is 0.463 e. The highest BCUT2D eigenvalue weighted by Gasteiger charge is 2.49. The Morgan fingerprint density at radius 2 is 1.40 bits per heavy atom. The lowest BCUT2D eigenvalue weighted by Crippen LogP contribution is -2.56. The minimum absolute atomic E-state index is 0.130. The third-order valence-corrected chi connectivity index (χ3v) is 4.62. The first-order valence-corrected chi connectivity index (χ1v) is 9.71. The Morgan fingerprint density at radius 3 is 1.84 bits per heavy atom. The highest BCUT2D eigenvalue weighted by molar-refractivity contribution is 6.11. The summed E-state index contributed by atoms with van der Waals surface area (Å²) in [6.45, 7) is 5.31. The van der Waals surface area contributed by atoms with Gasteiger partial charge in [-0.2, -0.15) is 0 Å². The summed E-state index contributed by atoms with van der Waals surface area (Å²) in [6.07, 6.45) is 0.0397. The van der Waals surface area contributed by atoms with Gasteiger partial charge < -0.3 is 33.2 Å². The van der Waals surface area contributed by atoms with E-state index in [4.69, 9.17) is 33.2 Å². The van der Waals surface area contributed by atoms with Gasteiger partial charge in [0.2, 0.25) is 0 Å². The van der Waals surface area contributed by atoms with Crippen molar-refractivity contribution in [3.63, 3.8) is 0 Å². The fraction of sp³-hybridized carbons (Fsp3) is 0.938. The molecule has 0 aliphatic carbocycles. The maximum atomic E-state index is 12.9. The second-order valence-electron chi connectivity index (χ2n) is 5.48. The van der Waals surface area contributed by atoms with E-state index < -0.39 is 17.9 Å². The first kappa shape index (κ1) is 24.4. The van der Waals surface area contributed by atoms with Gasteiger partial charge in [0.15, 0.2) is 0 Å². The predicted octanol–water partition coefficient (Wildman–Crippen LogP) is -0.295. The van der Waals surface area contributed by atoms with E-state index in [-0.39, 0.29) is 18.9 Å². The summed E-state index contributed by atoms with van der Waals surface area (Å²) in [6, 6.07) is 0. The number of hydrogen-bond acceptors (Lipinski definition) is 8. The number of carbonyl (C=O) groups excluding carboxylic acids is 1. The standard InChI is InChI=1S/C16H34O8Si/c1-6-14(25)24-15(17)16(22-11-8-19-4,23-12-9-20-5)13(2)21-10-7-18-3/h13-14H,6-12H2,1-5,25H3. The second kappa shape index (κ2) is 14.6. The van der Waals surface area contributed by atoms with E-state index in [1.54, 1.807) is 28.3 Å². The molecule has 2 unspecified atom stereocenters.